The lowest BCUT2D eigenvalue weighted by Gasteiger charge is -2.64. The van der Waals surface area contributed by atoms with Gasteiger partial charge < -0.3 is 24.6 Å². The number of phenolic OH excluding ortho intramolecular Hbond substituents is 1. The lowest BCUT2D eigenvalue weighted by Crippen LogP contribution is -2.66. The van der Waals surface area contributed by atoms with Crippen LogP contribution in [-0.2, 0) is 22.5 Å². The highest BCUT2D eigenvalue weighted by Crippen LogP contribution is 2.67. The van der Waals surface area contributed by atoms with Crippen molar-refractivity contribution in [1.82, 2.24) is 4.90 Å². The van der Waals surface area contributed by atoms with Crippen molar-refractivity contribution in [2.45, 2.75) is 90.9 Å². The number of phenols is 1. The molecule has 2 aliphatic heterocycles. The molecule has 2 saturated carbocycles. The largest absolute Gasteiger partial charge is 0.508 e. The van der Waals surface area contributed by atoms with E-state index in [1.165, 1.54) is 7.11 Å². The highest BCUT2D eigenvalue weighted by Gasteiger charge is 2.67. The fraction of sp³-hybridized carbons (Fsp3) is 0.714. The Balaban J connectivity index is 1.48. The molecule has 2 N–H and O–H groups in total. The van der Waals surface area contributed by atoms with Gasteiger partial charge >= 0.3 is 5.97 Å². The standard InChI is InChI=1S/C28H39NO6/c1-16-8-9-21-26(2,3)22(31)10-11-27(21,4)28(16)14-18-20(30)13-17-19(24(18)35-28)15-29(25(17)33)12-6-7-23(32)34-5/h13,16,21-22,30-31H,6-12,14-15H2,1-5H3. The summed E-state index contributed by atoms with van der Waals surface area (Å²) in [6.45, 7) is 9.83. The zero-order chi connectivity index (χ0) is 25.3. The number of fused-ring (bicyclic) bond motifs is 5. The number of esters is 1. The number of carbonyl (C=O) groups is 2. The summed E-state index contributed by atoms with van der Waals surface area (Å²) in [7, 11) is 1.36. The number of nitrogens with zero attached hydrogens (tertiary/aromatic N) is 1. The lowest BCUT2D eigenvalue weighted by molar-refractivity contribution is -0.210. The Labute approximate surface area is 207 Å². The minimum atomic E-state index is -0.483. The van der Waals surface area contributed by atoms with Gasteiger partial charge in [0.1, 0.15) is 17.1 Å². The maximum atomic E-state index is 13.2. The second-order valence-electron chi connectivity index (χ2n) is 12.1. The van der Waals surface area contributed by atoms with Gasteiger partial charge in [0.25, 0.3) is 5.91 Å². The van der Waals surface area contributed by atoms with E-state index in [2.05, 4.69) is 27.7 Å². The summed E-state index contributed by atoms with van der Waals surface area (Å²) in [5.41, 5.74) is 1.31. The molecular weight excluding hydrogens is 446 g/mol. The van der Waals surface area contributed by atoms with Crippen LogP contribution in [0.15, 0.2) is 6.07 Å². The van der Waals surface area contributed by atoms with E-state index in [9.17, 15) is 19.8 Å². The predicted molar refractivity (Wildman–Crippen MR) is 130 cm³/mol. The number of ether oxygens (including phenoxy) is 2. The van der Waals surface area contributed by atoms with Crippen LogP contribution >= 0.6 is 0 Å². The summed E-state index contributed by atoms with van der Waals surface area (Å²) in [4.78, 5) is 26.4. The molecule has 1 aromatic carbocycles. The molecule has 4 aliphatic rings. The van der Waals surface area contributed by atoms with Gasteiger partial charge in [-0.1, -0.05) is 27.7 Å². The average Bonchev–Trinajstić information content (AvgIpc) is 3.36. The number of carbonyl (C=O) groups excluding carboxylic acids is 2. The summed E-state index contributed by atoms with van der Waals surface area (Å²) in [5, 5.41) is 21.9. The van der Waals surface area contributed by atoms with Gasteiger partial charge in [-0.05, 0) is 55.4 Å². The molecule has 0 radical (unpaired) electrons. The number of aliphatic hydroxyl groups excluding tert-OH is 1. The quantitative estimate of drug-likeness (QED) is 0.621. The zero-order valence-corrected chi connectivity index (χ0v) is 21.6. The van der Waals surface area contributed by atoms with Gasteiger partial charge in [0.05, 0.1) is 25.3 Å². The van der Waals surface area contributed by atoms with Crippen molar-refractivity contribution < 1.29 is 29.3 Å². The van der Waals surface area contributed by atoms with Crippen LogP contribution in [0.1, 0.15) is 87.7 Å². The van der Waals surface area contributed by atoms with E-state index in [0.29, 0.717) is 43.2 Å². The molecule has 35 heavy (non-hydrogen) atoms. The van der Waals surface area contributed by atoms with Crippen molar-refractivity contribution in [2.75, 3.05) is 13.7 Å². The van der Waals surface area contributed by atoms with E-state index >= 15 is 0 Å². The molecule has 5 unspecified atom stereocenters. The molecule has 7 nitrogen and oxygen atoms in total. The molecule has 5 atom stereocenters. The number of benzene rings is 1. The van der Waals surface area contributed by atoms with Gasteiger partial charge in [-0.2, -0.15) is 0 Å². The van der Waals surface area contributed by atoms with Crippen LogP contribution in [0.2, 0.25) is 0 Å². The first-order valence-corrected chi connectivity index (χ1v) is 13.1. The Morgan fingerprint density at radius 1 is 1.23 bits per heavy atom. The van der Waals surface area contributed by atoms with Crippen molar-refractivity contribution in [3.63, 3.8) is 0 Å². The Morgan fingerprint density at radius 2 is 1.97 bits per heavy atom. The van der Waals surface area contributed by atoms with Crippen LogP contribution in [0.5, 0.6) is 11.5 Å². The van der Waals surface area contributed by atoms with Crippen molar-refractivity contribution in [2.24, 2.45) is 22.7 Å². The fourth-order valence-corrected chi connectivity index (χ4v) is 8.02. The van der Waals surface area contributed by atoms with Crippen molar-refractivity contribution in [3.05, 3.63) is 22.8 Å². The predicted octanol–water partition coefficient (Wildman–Crippen LogP) is 4.21. The molecule has 7 heteroatoms. The van der Waals surface area contributed by atoms with Crippen LogP contribution in [-0.4, -0.2) is 52.3 Å². The highest BCUT2D eigenvalue weighted by atomic mass is 16.5. The molecule has 1 aromatic rings. The van der Waals surface area contributed by atoms with Crippen molar-refractivity contribution >= 4 is 11.9 Å². The maximum Gasteiger partial charge on any atom is 0.305 e. The molecule has 1 spiro atoms. The number of aromatic hydroxyl groups is 1. The summed E-state index contributed by atoms with van der Waals surface area (Å²) in [5.74, 6) is 0.985. The Kier molecular flexibility index (Phi) is 5.66. The monoisotopic (exact) mass is 485 g/mol. The molecule has 0 bridgehead atoms. The van der Waals surface area contributed by atoms with Crippen molar-refractivity contribution in [1.29, 1.82) is 0 Å². The minimum Gasteiger partial charge on any atom is -0.508 e. The number of aliphatic hydroxyl groups is 1. The Morgan fingerprint density at radius 3 is 2.69 bits per heavy atom. The summed E-state index contributed by atoms with van der Waals surface area (Å²) in [6.07, 6.45) is 4.76. The Hall–Kier alpha value is -2.28. The first-order chi connectivity index (χ1) is 16.5. The molecule has 0 aromatic heterocycles. The molecule has 0 saturated heterocycles. The molecule has 5 rings (SSSR count). The molecule has 1 amide bonds. The van der Waals surface area contributed by atoms with Crippen LogP contribution in [0.4, 0.5) is 0 Å². The summed E-state index contributed by atoms with van der Waals surface area (Å²) >= 11 is 0. The second-order valence-corrected chi connectivity index (χ2v) is 12.1. The van der Waals surface area contributed by atoms with Crippen molar-refractivity contribution in [3.8, 4) is 11.5 Å². The molecular formula is C28H39NO6. The van der Waals surface area contributed by atoms with E-state index in [0.717, 1.165) is 36.8 Å². The summed E-state index contributed by atoms with van der Waals surface area (Å²) < 4.78 is 11.8. The van der Waals surface area contributed by atoms with Gasteiger partial charge in [-0.3, -0.25) is 9.59 Å². The van der Waals surface area contributed by atoms with Gasteiger partial charge in [0.15, 0.2) is 0 Å². The SMILES string of the molecule is COC(=O)CCCN1Cc2c(cc(O)c3c2OC2(C3)C(C)CCC3C(C)(C)C(O)CCC32C)C1=O. The molecule has 2 aliphatic carbocycles. The van der Waals surface area contributed by atoms with Gasteiger partial charge in [-0.15, -0.1) is 0 Å². The number of hydrogen-bond acceptors (Lipinski definition) is 6. The topological polar surface area (TPSA) is 96.3 Å². The number of amides is 1. The van der Waals surface area contributed by atoms with Crippen LogP contribution in [0, 0.1) is 22.7 Å². The van der Waals surface area contributed by atoms with Gasteiger partial charge in [0, 0.05) is 35.9 Å². The normalized spacial score (nSPS) is 34.9. The fourth-order valence-electron chi connectivity index (χ4n) is 8.02. The Bertz CT molecular complexity index is 1070. The van der Waals surface area contributed by atoms with Crippen LogP contribution < -0.4 is 4.74 Å². The summed E-state index contributed by atoms with van der Waals surface area (Å²) in [6, 6.07) is 1.61. The second kappa shape index (κ2) is 8.12. The lowest BCUT2D eigenvalue weighted by atomic mass is 9.43. The molecule has 192 valence electrons. The third-order valence-electron chi connectivity index (χ3n) is 10.2. The zero-order valence-electron chi connectivity index (χ0n) is 21.6. The van der Waals surface area contributed by atoms with Crippen LogP contribution in [0.25, 0.3) is 0 Å². The van der Waals surface area contributed by atoms with E-state index < -0.39 is 5.60 Å². The minimum absolute atomic E-state index is 0.129. The third kappa shape index (κ3) is 3.33. The number of rotatable bonds is 4. The van der Waals surface area contributed by atoms with E-state index in [-0.39, 0.29) is 46.9 Å². The average molecular weight is 486 g/mol. The number of methoxy groups -OCH3 is 1. The first kappa shape index (κ1) is 24.4. The van der Waals surface area contributed by atoms with Gasteiger partial charge in [-0.25, -0.2) is 0 Å². The maximum absolute atomic E-state index is 13.2. The number of hydrogen-bond donors (Lipinski definition) is 2. The van der Waals surface area contributed by atoms with Crippen LogP contribution in [0.3, 0.4) is 0 Å². The van der Waals surface area contributed by atoms with E-state index in [1.807, 2.05) is 0 Å². The van der Waals surface area contributed by atoms with E-state index in [4.69, 9.17) is 9.47 Å². The molecule has 2 fully saturated rings. The smallest absolute Gasteiger partial charge is 0.305 e. The third-order valence-corrected chi connectivity index (χ3v) is 10.2. The first-order valence-electron chi connectivity index (χ1n) is 13.1. The molecule has 2 heterocycles. The van der Waals surface area contributed by atoms with E-state index in [1.54, 1.807) is 11.0 Å². The van der Waals surface area contributed by atoms with Gasteiger partial charge in [0.2, 0.25) is 0 Å². The highest BCUT2D eigenvalue weighted by molar-refractivity contribution is 6.00.